The number of anilines is 1. The lowest BCUT2D eigenvalue weighted by molar-refractivity contribution is -0.115. The van der Waals surface area contributed by atoms with Crippen LogP contribution in [0.25, 0.3) is 0 Å². The zero-order valence-corrected chi connectivity index (χ0v) is 12.2. The summed E-state index contributed by atoms with van der Waals surface area (Å²) in [5.74, 6) is 0.774. The summed E-state index contributed by atoms with van der Waals surface area (Å²) in [6.45, 7) is 6.03. The zero-order valence-electron chi connectivity index (χ0n) is 12.2. The molecule has 1 aliphatic rings. The molecule has 0 bridgehead atoms. The Morgan fingerprint density at radius 3 is 2.45 bits per heavy atom. The summed E-state index contributed by atoms with van der Waals surface area (Å²) in [4.78, 5) is 16.4. The lowest BCUT2D eigenvalue weighted by Crippen LogP contribution is -2.47. The second-order valence-corrected chi connectivity index (χ2v) is 5.02. The maximum absolute atomic E-state index is 11.8. The smallest absolute Gasteiger partial charge is 0.172 e. The van der Waals surface area contributed by atoms with Crippen molar-refractivity contribution in [2.75, 3.05) is 44.7 Å². The van der Waals surface area contributed by atoms with Gasteiger partial charge < -0.3 is 9.64 Å². The van der Waals surface area contributed by atoms with Gasteiger partial charge in [0.15, 0.2) is 5.78 Å². The Balaban J connectivity index is 1.81. The number of benzene rings is 1. The van der Waals surface area contributed by atoms with Gasteiger partial charge in [0, 0.05) is 37.9 Å². The van der Waals surface area contributed by atoms with E-state index in [4.69, 9.17) is 4.74 Å². The van der Waals surface area contributed by atoms with Gasteiger partial charge in [0.2, 0.25) is 0 Å². The summed E-state index contributed by atoms with van der Waals surface area (Å²) in [6.07, 6.45) is 1.57. The van der Waals surface area contributed by atoms with E-state index in [9.17, 15) is 4.79 Å². The van der Waals surface area contributed by atoms with Gasteiger partial charge in [0.25, 0.3) is 0 Å². The molecular formula is C16H22N2O2. The molecule has 0 atom stereocenters. The number of ether oxygens (including phenoxy) is 1. The molecule has 0 spiro atoms. The Bertz CT molecular complexity index is 463. The third-order valence-electron chi connectivity index (χ3n) is 3.56. The number of hydrogen-bond donors (Lipinski definition) is 0. The molecular weight excluding hydrogens is 252 g/mol. The van der Waals surface area contributed by atoms with Crippen LogP contribution in [0.4, 0.5) is 5.69 Å². The third-order valence-corrected chi connectivity index (χ3v) is 3.56. The van der Waals surface area contributed by atoms with Crippen LogP contribution in [0.3, 0.4) is 0 Å². The van der Waals surface area contributed by atoms with Gasteiger partial charge in [-0.1, -0.05) is 18.2 Å². The molecule has 4 heteroatoms. The first kappa shape index (κ1) is 14.6. The molecule has 2 rings (SSSR count). The number of carbonyl (C=O) groups is 1. The van der Waals surface area contributed by atoms with Crippen LogP contribution >= 0.6 is 0 Å². The minimum absolute atomic E-state index is 0.109. The normalized spacial score (nSPS) is 17.1. The van der Waals surface area contributed by atoms with Crippen LogP contribution in [0.15, 0.2) is 42.2 Å². The van der Waals surface area contributed by atoms with Crippen LogP contribution in [-0.4, -0.2) is 50.5 Å². The standard InChI is InChI=1S/C16H22N2O2/c1-14(20-2)12-16(19)13-17-8-10-18(11-9-17)15-6-4-3-5-7-15/h3-7,12H,8-11,13H2,1-2H3/b14-12+. The van der Waals surface area contributed by atoms with Gasteiger partial charge in [-0.05, 0) is 19.1 Å². The first-order valence-electron chi connectivity index (χ1n) is 6.96. The van der Waals surface area contributed by atoms with E-state index in [-0.39, 0.29) is 5.78 Å². The average Bonchev–Trinajstić information content (AvgIpc) is 2.48. The third kappa shape index (κ3) is 4.10. The highest BCUT2D eigenvalue weighted by molar-refractivity contribution is 5.91. The average molecular weight is 274 g/mol. The Labute approximate surface area is 120 Å². The van der Waals surface area contributed by atoms with Crippen LogP contribution in [0.2, 0.25) is 0 Å². The summed E-state index contributed by atoms with van der Waals surface area (Å²) in [6, 6.07) is 10.4. The van der Waals surface area contributed by atoms with Crippen LogP contribution in [0.5, 0.6) is 0 Å². The molecule has 0 unspecified atom stereocenters. The van der Waals surface area contributed by atoms with E-state index in [2.05, 4.69) is 34.1 Å². The van der Waals surface area contributed by atoms with Crippen molar-refractivity contribution in [1.29, 1.82) is 0 Å². The lowest BCUT2D eigenvalue weighted by Gasteiger charge is -2.35. The highest BCUT2D eigenvalue weighted by Gasteiger charge is 2.18. The topological polar surface area (TPSA) is 32.8 Å². The fraction of sp³-hybridized carbons (Fsp3) is 0.438. The zero-order chi connectivity index (χ0) is 14.4. The van der Waals surface area contributed by atoms with Crippen LogP contribution in [0, 0.1) is 0 Å². The molecule has 1 aliphatic heterocycles. The van der Waals surface area contributed by atoms with Crippen molar-refractivity contribution < 1.29 is 9.53 Å². The molecule has 1 aromatic rings. The molecule has 108 valence electrons. The van der Waals surface area contributed by atoms with Crippen molar-refractivity contribution in [2.24, 2.45) is 0 Å². The summed E-state index contributed by atoms with van der Waals surface area (Å²) in [7, 11) is 1.58. The van der Waals surface area contributed by atoms with Crippen molar-refractivity contribution in [1.82, 2.24) is 4.90 Å². The fourth-order valence-electron chi connectivity index (χ4n) is 2.35. The Morgan fingerprint density at radius 2 is 1.85 bits per heavy atom. The number of carbonyl (C=O) groups excluding carboxylic acids is 1. The van der Waals surface area contributed by atoms with Gasteiger partial charge in [0.1, 0.15) is 0 Å². The van der Waals surface area contributed by atoms with E-state index in [1.165, 1.54) is 5.69 Å². The number of hydrogen-bond acceptors (Lipinski definition) is 4. The number of para-hydroxylation sites is 1. The summed E-state index contributed by atoms with van der Waals surface area (Å²) in [5, 5.41) is 0. The maximum atomic E-state index is 11.8. The second kappa shape index (κ2) is 7.10. The van der Waals surface area contributed by atoms with E-state index in [1.54, 1.807) is 20.1 Å². The van der Waals surface area contributed by atoms with E-state index in [0.717, 1.165) is 26.2 Å². The number of rotatable bonds is 5. The quantitative estimate of drug-likeness (QED) is 0.607. The van der Waals surface area contributed by atoms with Gasteiger partial charge in [-0.2, -0.15) is 0 Å². The van der Waals surface area contributed by atoms with Gasteiger partial charge in [-0.15, -0.1) is 0 Å². The van der Waals surface area contributed by atoms with E-state index in [1.807, 2.05) is 6.07 Å². The summed E-state index contributed by atoms with van der Waals surface area (Å²) >= 11 is 0. The Morgan fingerprint density at radius 1 is 1.20 bits per heavy atom. The van der Waals surface area contributed by atoms with Crippen LogP contribution in [0.1, 0.15) is 6.92 Å². The minimum atomic E-state index is 0.109. The SMILES string of the molecule is CO/C(C)=C/C(=O)CN1CCN(c2ccccc2)CC1. The number of piperazine rings is 1. The molecule has 1 saturated heterocycles. The summed E-state index contributed by atoms with van der Waals surface area (Å²) in [5.41, 5.74) is 1.26. The molecule has 1 heterocycles. The fourth-order valence-corrected chi connectivity index (χ4v) is 2.35. The van der Waals surface area contributed by atoms with Crippen molar-refractivity contribution in [3.05, 3.63) is 42.2 Å². The molecule has 1 aromatic carbocycles. The van der Waals surface area contributed by atoms with Gasteiger partial charge >= 0.3 is 0 Å². The number of nitrogens with zero attached hydrogens (tertiary/aromatic N) is 2. The minimum Gasteiger partial charge on any atom is -0.501 e. The van der Waals surface area contributed by atoms with Gasteiger partial charge in [-0.3, -0.25) is 9.69 Å². The van der Waals surface area contributed by atoms with E-state index in [0.29, 0.717) is 12.3 Å². The maximum Gasteiger partial charge on any atom is 0.172 e. The molecule has 4 nitrogen and oxygen atoms in total. The molecule has 0 radical (unpaired) electrons. The Kier molecular flexibility index (Phi) is 5.18. The van der Waals surface area contributed by atoms with Crippen molar-refractivity contribution in [3.63, 3.8) is 0 Å². The van der Waals surface area contributed by atoms with Crippen molar-refractivity contribution in [3.8, 4) is 0 Å². The highest BCUT2D eigenvalue weighted by Crippen LogP contribution is 2.15. The molecule has 1 fully saturated rings. The largest absolute Gasteiger partial charge is 0.501 e. The lowest BCUT2D eigenvalue weighted by atomic mass is 10.2. The van der Waals surface area contributed by atoms with Crippen molar-refractivity contribution in [2.45, 2.75) is 6.92 Å². The van der Waals surface area contributed by atoms with Crippen LogP contribution in [-0.2, 0) is 9.53 Å². The predicted molar refractivity (Wildman–Crippen MR) is 80.9 cm³/mol. The van der Waals surface area contributed by atoms with Gasteiger partial charge in [-0.25, -0.2) is 0 Å². The van der Waals surface area contributed by atoms with E-state index < -0.39 is 0 Å². The molecule has 0 aromatic heterocycles. The molecule has 0 amide bonds. The monoisotopic (exact) mass is 274 g/mol. The molecule has 0 saturated carbocycles. The number of methoxy groups -OCH3 is 1. The first-order chi connectivity index (χ1) is 9.69. The molecule has 0 N–H and O–H groups in total. The Hall–Kier alpha value is -1.81. The predicted octanol–water partition coefficient (Wildman–Crippen LogP) is 1.93. The van der Waals surface area contributed by atoms with E-state index >= 15 is 0 Å². The molecule has 0 aliphatic carbocycles. The van der Waals surface area contributed by atoms with Crippen LogP contribution < -0.4 is 4.90 Å². The number of allylic oxidation sites excluding steroid dienone is 1. The second-order valence-electron chi connectivity index (χ2n) is 5.02. The van der Waals surface area contributed by atoms with Gasteiger partial charge in [0.05, 0.1) is 19.4 Å². The molecule has 20 heavy (non-hydrogen) atoms. The van der Waals surface area contributed by atoms with Crippen molar-refractivity contribution >= 4 is 11.5 Å². The highest BCUT2D eigenvalue weighted by atomic mass is 16.5. The number of ketones is 1. The summed E-state index contributed by atoms with van der Waals surface area (Å²) < 4.78 is 5.00. The first-order valence-corrected chi connectivity index (χ1v) is 6.96.